The molecule has 0 fully saturated rings. The third-order valence-corrected chi connectivity index (χ3v) is 5.12. The number of aromatic nitrogens is 3. The molecule has 0 aliphatic heterocycles. The van der Waals surface area contributed by atoms with Gasteiger partial charge in [0, 0.05) is 34.7 Å². The summed E-state index contributed by atoms with van der Waals surface area (Å²) in [4.78, 5) is 32.7. The Morgan fingerprint density at radius 1 is 1.18 bits per heavy atom. The SMILES string of the molecule is Cc1ncc(COP(=O)([O-])O)c(C=Nc2ccccc2-c2noc(-c3ccccc3)n2)c1O.[Na+]. The first-order valence-electron chi connectivity index (χ1n) is 9.70. The molecule has 0 radical (unpaired) electrons. The van der Waals surface area contributed by atoms with Crippen molar-refractivity contribution in [1.29, 1.82) is 0 Å². The number of rotatable bonds is 7. The maximum atomic E-state index is 11.0. The monoisotopic (exact) mass is 488 g/mol. The average molecular weight is 488 g/mol. The minimum atomic E-state index is -4.96. The van der Waals surface area contributed by atoms with E-state index in [1.165, 1.54) is 12.4 Å². The summed E-state index contributed by atoms with van der Waals surface area (Å²) in [6, 6.07) is 16.4. The van der Waals surface area contributed by atoms with E-state index in [1.807, 2.05) is 30.3 Å². The third kappa shape index (κ3) is 6.25. The summed E-state index contributed by atoms with van der Waals surface area (Å²) in [5.74, 6) is 0.493. The Hall–Kier alpha value is -2.69. The number of nitrogens with zero attached hydrogens (tertiary/aromatic N) is 4. The van der Waals surface area contributed by atoms with Gasteiger partial charge in [0.15, 0.2) is 0 Å². The van der Waals surface area contributed by atoms with Gasteiger partial charge in [0.05, 0.1) is 18.0 Å². The number of hydrogen-bond acceptors (Lipinski definition) is 9. The molecule has 2 aromatic heterocycles. The standard InChI is InChI=1S/C22H19N4O6P.Na/c1-14-20(27)18(16(11-23-14)13-31-33(28,29)30)12-24-19-10-6-5-9-17(19)21-25-22(32-26-21)15-7-3-2-4-8-15;/h2-12,27H,13H2,1H3,(H2,28,29,30);/q;+1/p-1. The summed E-state index contributed by atoms with van der Waals surface area (Å²) in [6.07, 6.45) is 2.69. The van der Waals surface area contributed by atoms with Crippen LogP contribution in [-0.2, 0) is 15.7 Å². The van der Waals surface area contributed by atoms with Crippen molar-refractivity contribution < 1.29 is 58.1 Å². The largest absolute Gasteiger partial charge is 1.00 e. The molecule has 34 heavy (non-hydrogen) atoms. The van der Waals surface area contributed by atoms with Crippen LogP contribution in [0, 0.1) is 6.92 Å². The molecule has 0 saturated heterocycles. The average Bonchev–Trinajstić information content (AvgIpc) is 3.29. The second kappa shape index (κ2) is 11.2. The molecule has 2 heterocycles. The van der Waals surface area contributed by atoms with Crippen LogP contribution in [0.5, 0.6) is 5.75 Å². The molecule has 12 heteroatoms. The van der Waals surface area contributed by atoms with Gasteiger partial charge in [-0.3, -0.25) is 14.5 Å². The first-order valence-corrected chi connectivity index (χ1v) is 11.2. The zero-order chi connectivity index (χ0) is 23.4. The fourth-order valence-electron chi connectivity index (χ4n) is 3.00. The number of pyridine rings is 1. The summed E-state index contributed by atoms with van der Waals surface area (Å²) in [7, 11) is -4.96. The van der Waals surface area contributed by atoms with Gasteiger partial charge in [0.25, 0.3) is 13.7 Å². The van der Waals surface area contributed by atoms with Crippen molar-refractivity contribution >= 4 is 19.7 Å². The van der Waals surface area contributed by atoms with Gasteiger partial charge in [-0.25, -0.2) is 0 Å². The molecular formula is C22H18N4NaO6P. The molecule has 0 amide bonds. The molecular weight excluding hydrogens is 470 g/mol. The third-order valence-electron chi connectivity index (χ3n) is 4.67. The van der Waals surface area contributed by atoms with Crippen LogP contribution in [0.15, 0.2) is 70.3 Å². The Balaban J connectivity index is 0.00000324. The van der Waals surface area contributed by atoms with Crippen molar-refractivity contribution in [2.24, 2.45) is 4.99 Å². The van der Waals surface area contributed by atoms with Gasteiger partial charge in [-0.2, -0.15) is 4.98 Å². The van der Waals surface area contributed by atoms with Crippen LogP contribution in [0.1, 0.15) is 16.8 Å². The quantitative estimate of drug-likeness (QED) is 0.216. The maximum Gasteiger partial charge on any atom is 1.00 e. The number of aryl methyl sites for hydroxylation is 1. The smallest absolute Gasteiger partial charge is 0.756 e. The van der Waals surface area contributed by atoms with Crippen molar-refractivity contribution in [3.05, 3.63) is 77.6 Å². The molecule has 0 aliphatic rings. The number of phosphoric acid groups is 1. The maximum absolute atomic E-state index is 11.0. The van der Waals surface area contributed by atoms with E-state index in [0.29, 0.717) is 28.7 Å². The van der Waals surface area contributed by atoms with Crippen LogP contribution in [0.3, 0.4) is 0 Å². The fraction of sp³-hybridized carbons (Fsp3) is 0.0909. The van der Waals surface area contributed by atoms with Crippen molar-refractivity contribution in [1.82, 2.24) is 15.1 Å². The molecule has 2 N–H and O–H groups in total. The molecule has 10 nitrogen and oxygen atoms in total. The van der Waals surface area contributed by atoms with E-state index in [9.17, 15) is 14.6 Å². The topological polar surface area (TPSA) is 154 Å². The van der Waals surface area contributed by atoms with Crippen LogP contribution in [0.2, 0.25) is 0 Å². The number of para-hydroxylation sites is 1. The molecule has 0 saturated carbocycles. The summed E-state index contributed by atoms with van der Waals surface area (Å²) < 4.78 is 20.8. The minimum absolute atomic E-state index is 0. The Labute approximate surface area is 216 Å². The molecule has 4 rings (SSSR count). The summed E-state index contributed by atoms with van der Waals surface area (Å²) in [6.45, 7) is 1.06. The zero-order valence-corrected chi connectivity index (χ0v) is 21.2. The van der Waals surface area contributed by atoms with E-state index in [1.54, 1.807) is 31.2 Å². The zero-order valence-electron chi connectivity index (χ0n) is 18.3. The Morgan fingerprint density at radius 3 is 2.62 bits per heavy atom. The van der Waals surface area contributed by atoms with Crippen molar-refractivity contribution in [3.8, 4) is 28.6 Å². The Morgan fingerprint density at radius 2 is 1.88 bits per heavy atom. The predicted molar refractivity (Wildman–Crippen MR) is 118 cm³/mol. The number of hydrogen-bond donors (Lipinski definition) is 2. The van der Waals surface area contributed by atoms with E-state index in [4.69, 9.17) is 9.42 Å². The molecule has 2 aromatic carbocycles. The summed E-state index contributed by atoms with van der Waals surface area (Å²) >= 11 is 0. The first kappa shape index (κ1) is 25.9. The molecule has 1 unspecified atom stereocenters. The molecule has 168 valence electrons. The normalized spacial score (nSPS) is 12.9. The molecule has 0 spiro atoms. The van der Waals surface area contributed by atoms with E-state index >= 15 is 0 Å². The molecule has 4 aromatic rings. The van der Waals surface area contributed by atoms with Gasteiger partial charge in [-0.05, 0) is 31.2 Å². The summed E-state index contributed by atoms with van der Waals surface area (Å²) in [5.41, 5.74) is 2.57. The second-order valence-electron chi connectivity index (χ2n) is 6.94. The van der Waals surface area contributed by atoms with Crippen molar-refractivity contribution in [3.63, 3.8) is 0 Å². The van der Waals surface area contributed by atoms with Gasteiger partial charge < -0.3 is 23.9 Å². The minimum Gasteiger partial charge on any atom is -0.756 e. The van der Waals surface area contributed by atoms with Gasteiger partial charge >= 0.3 is 29.6 Å². The molecule has 0 bridgehead atoms. The van der Waals surface area contributed by atoms with Crippen LogP contribution >= 0.6 is 7.82 Å². The second-order valence-corrected chi connectivity index (χ2v) is 8.13. The number of benzene rings is 2. The molecule has 1 atom stereocenters. The van der Waals surface area contributed by atoms with Crippen LogP contribution < -0.4 is 34.5 Å². The van der Waals surface area contributed by atoms with Crippen LogP contribution in [-0.4, -0.2) is 31.3 Å². The van der Waals surface area contributed by atoms with E-state index in [-0.39, 0.29) is 46.4 Å². The number of aliphatic imine (C=N–C) groups is 1. The molecule has 0 aliphatic carbocycles. The van der Waals surface area contributed by atoms with Gasteiger partial charge in [0.1, 0.15) is 5.75 Å². The summed E-state index contributed by atoms with van der Waals surface area (Å²) in [5, 5.41) is 14.5. The van der Waals surface area contributed by atoms with Crippen LogP contribution in [0.25, 0.3) is 22.8 Å². The van der Waals surface area contributed by atoms with Crippen molar-refractivity contribution in [2.45, 2.75) is 13.5 Å². The Kier molecular flexibility index (Phi) is 8.51. The van der Waals surface area contributed by atoms with E-state index in [2.05, 4.69) is 24.6 Å². The predicted octanol–water partition coefficient (Wildman–Crippen LogP) is 0.545. The van der Waals surface area contributed by atoms with Gasteiger partial charge in [0.2, 0.25) is 5.82 Å². The number of aromatic hydroxyl groups is 1. The van der Waals surface area contributed by atoms with Gasteiger partial charge in [-0.1, -0.05) is 35.5 Å². The van der Waals surface area contributed by atoms with Crippen molar-refractivity contribution in [2.75, 3.05) is 0 Å². The fourth-order valence-corrected chi connectivity index (χ4v) is 3.31. The van der Waals surface area contributed by atoms with Crippen LogP contribution in [0.4, 0.5) is 5.69 Å². The van der Waals surface area contributed by atoms with E-state index in [0.717, 1.165) is 5.56 Å². The Bertz CT molecular complexity index is 1360. The van der Waals surface area contributed by atoms with E-state index < -0.39 is 14.4 Å². The first-order chi connectivity index (χ1) is 15.8. The van der Waals surface area contributed by atoms with Gasteiger partial charge in [-0.15, -0.1) is 0 Å². The number of phosphoric ester groups is 1.